The van der Waals surface area contributed by atoms with Crippen LogP contribution in [0.1, 0.15) is 13.3 Å². The zero-order valence-electron chi connectivity index (χ0n) is 6.99. The molecule has 0 bridgehead atoms. The van der Waals surface area contributed by atoms with Crippen LogP contribution in [0.15, 0.2) is 11.5 Å². The number of hydrogen-bond acceptors (Lipinski definition) is 4. The van der Waals surface area contributed by atoms with Crippen molar-refractivity contribution >= 4 is 40.1 Å². The molecule has 1 aliphatic rings. The first-order valence-electron chi connectivity index (χ1n) is 3.93. The first kappa shape index (κ1) is 10.4. The molecular formula is C8H12OS3. The fourth-order valence-electron chi connectivity index (χ4n) is 0.857. The van der Waals surface area contributed by atoms with E-state index in [-0.39, 0.29) is 0 Å². The SMILES string of the molecule is CCOC(=S)SCC1CC=CS1. The van der Waals surface area contributed by atoms with Crippen LogP contribution in [-0.2, 0) is 4.74 Å². The normalized spacial score (nSPS) is 21.2. The summed E-state index contributed by atoms with van der Waals surface area (Å²) < 4.78 is 5.85. The zero-order valence-corrected chi connectivity index (χ0v) is 9.44. The van der Waals surface area contributed by atoms with Crippen LogP contribution < -0.4 is 0 Å². The van der Waals surface area contributed by atoms with Crippen LogP contribution in [0.5, 0.6) is 0 Å². The van der Waals surface area contributed by atoms with Crippen LogP contribution >= 0.6 is 35.7 Å². The number of ether oxygens (including phenoxy) is 1. The number of rotatable bonds is 3. The minimum Gasteiger partial charge on any atom is -0.479 e. The molecule has 68 valence electrons. The van der Waals surface area contributed by atoms with Gasteiger partial charge in [-0.1, -0.05) is 17.8 Å². The predicted octanol–water partition coefficient (Wildman–Crippen LogP) is 3.06. The number of thiocarbonyl (C=S) groups is 1. The summed E-state index contributed by atoms with van der Waals surface area (Å²) in [7, 11) is 0. The average Bonchev–Trinajstić information content (AvgIpc) is 2.53. The molecule has 0 aromatic carbocycles. The third-order valence-electron chi connectivity index (χ3n) is 1.42. The summed E-state index contributed by atoms with van der Waals surface area (Å²) in [5, 5.41) is 2.86. The first-order valence-corrected chi connectivity index (χ1v) is 6.26. The van der Waals surface area contributed by atoms with E-state index in [9.17, 15) is 0 Å². The van der Waals surface area contributed by atoms with Crippen molar-refractivity contribution < 1.29 is 4.74 Å². The van der Waals surface area contributed by atoms with Crippen molar-refractivity contribution in [1.82, 2.24) is 0 Å². The van der Waals surface area contributed by atoms with E-state index in [1.807, 2.05) is 18.7 Å². The Morgan fingerprint density at radius 1 is 1.83 bits per heavy atom. The first-order chi connectivity index (χ1) is 5.83. The fourth-order valence-corrected chi connectivity index (χ4v) is 3.02. The summed E-state index contributed by atoms with van der Waals surface area (Å²) >= 11 is 8.53. The Hall–Kier alpha value is 0.330. The van der Waals surface area contributed by atoms with Crippen molar-refractivity contribution in [2.45, 2.75) is 18.6 Å². The maximum absolute atomic E-state index is 5.17. The highest BCUT2D eigenvalue weighted by atomic mass is 32.2. The van der Waals surface area contributed by atoms with Gasteiger partial charge < -0.3 is 4.74 Å². The van der Waals surface area contributed by atoms with Crippen LogP contribution in [0, 0.1) is 0 Å². The highest BCUT2D eigenvalue weighted by molar-refractivity contribution is 8.23. The van der Waals surface area contributed by atoms with Gasteiger partial charge in [0.1, 0.15) is 0 Å². The maximum atomic E-state index is 5.17. The molecule has 0 radical (unpaired) electrons. The molecule has 0 saturated heterocycles. The van der Waals surface area contributed by atoms with Crippen LogP contribution in [0.25, 0.3) is 0 Å². The number of hydrogen-bond donors (Lipinski definition) is 0. The summed E-state index contributed by atoms with van der Waals surface area (Å²) in [6.45, 7) is 2.64. The lowest BCUT2D eigenvalue weighted by Crippen LogP contribution is -2.05. The van der Waals surface area contributed by atoms with Crippen molar-refractivity contribution in [3.63, 3.8) is 0 Å². The minimum absolute atomic E-state index is 0.682. The van der Waals surface area contributed by atoms with Crippen molar-refractivity contribution in [3.8, 4) is 0 Å². The van der Waals surface area contributed by atoms with E-state index in [1.54, 1.807) is 11.8 Å². The second kappa shape index (κ2) is 5.89. The molecule has 1 atom stereocenters. The molecule has 0 saturated carbocycles. The molecule has 12 heavy (non-hydrogen) atoms. The Balaban J connectivity index is 2.04. The van der Waals surface area contributed by atoms with Gasteiger partial charge in [0.25, 0.3) is 0 Å². The van der Waals surface area contributed by atoms with Crippen LogP contribution in [0.3, 0.4) is 0 Å². The highest BCUT2D eigenvalue weighted by Gasteiger charge is 2.12. The third-order valence-corrected chi connectivity index (χ3v) is 4.11. The summed E-state index contributed by atoms with van der Waals surface area (Å²) in [4.78, 5) is 0. The van der Waals surface area contributed by atoms with Gasteiger partial charge in [0, 0.05) is 11.0 Å². The van der Waals surface area contributed by atoms with Crippen molar-refractivity contribution in [1.29, 1.82) is 0 Å². The molecule has 4 heteroatoms. The lowest BCUT2D eigenvalue weighted by Gasteiger charge is -2.08. The van der Waals surface area contributed by atoms with E-state index < -0.39 is 0 Å². The van der Waals surface area contributed by atoms with Crippen LogP contribution in [-0.4, -0.2) is 22.0 Å². The van der Waals surface area contributed by atoms with Crippen LogP contribution in [0.4, 0.5) is 0 Å². The van der Waals surface area contributed by atoms with Gasteiger partial charge in [0.2, 0.25) is 4.38 Å². The molecular weight excluding hydrogens is 208 g/mol. The van der Waals surface area contributed by atoms with Gasteiger partial charge in [-0.05, 0) is 31.0 Å². The topological polar surface area (TPSA) is 9.23 Å². The Kier molecular flexibility index (Phi) is 5.11. The highest BCUT2D eigenvalue weighted by Crippen LogP contribution is 2.27. The standard InChI is InChI=1S/C8H12OS3/c1-2-9-8(10)12-6-7-4-3-5-11-7/h3,5,7H,2,4,6H2,1H3. The molecule has 1 heterocycles. The molecule has 1 aliphatic heterocycles. The van der Waals surface area contributed by atoms with E-state index in [1.165, 1.54) is 6.42 Å². The molecule has 0 amide bonds. The second-order valence-corrected chi connectivity index (χ2v) is 5.19. The summed E-state index contributed by atoms with van der Waals surface area (Å²) in [5.41, 5.74) is 0. The van der Waals surface area contributed by atoms with E-state index >= 15 is 0 Å². The van der Waals surface area contributed by atoms with E-state index in [0.29, 0.717) is 16.2 Å². The summed E-state index contributed by atoms with van der Waals surface area (Å²) in [6.07, 6.45) is 3.38. The zero-order chi connectivity index (χ0) is 8.81. The molecule has 0 fully saturated rings. The Labute approximate surface area is 87.3 Å². The number of allylic oxidation sites excluding steroid dienone is 1. The Morgan fingerprint density at radius 3 is 3.25 bits per heavy atom. The van der Waals surface area contributed by atoms with Crippen molar-refractivity contribution in [2.24, 2.45) is 0 Å². The second-order valence-electron chi connectivity index (χ2n) is 2.36. The molecule has 0 aromatic heterocycles. The Morgan fingerprint density at radius 2 is 2.67 bits per heavy atom. The van der Waals surface area contributed by atoms with E-state index in [0.717, 1.165) is 5.75 Å². The van der Waals surface area contributed by atoms with Gasteiger partial charge in [-0.25, -0.2) is 0 Å². The largest absolute Gasteiger partial charge is 0.479 e. The molecule has 0 aromatic rings. The molecule has 1 nitrogen and oxygen atoms in total. The van der Waals surface area contributed by atoms with Crippen LogP contribution in [0.2, 0.25) is 0 Å². The van der Waals surface area contributed by atoms with Gasteiger partial charge in [-0.15, -0.1) is 11.8 Å². The van der Waals surface area contributed by atoms with Gasteiger partial charge >= 0.3 is 0 Å². The Bertz CT molecular complexity index is 171. The number of thioether (sulfide) groups is 2. The van der Waals surface area contributed by atoms with E-state index in [4.69, 9.17) is 17.0 Å². The molecule has 0 spiro atoms. The average molecular weight is 220 g/mol. The van der Waals surface area contributed by atoms with Gasteiger partial charge in [0.15, 0.2) is 0 Å². The molecule has 1 rings (SSSR count). The van der Waals surface area contributed by atoms with Crippen molar-refractivity contribution in [3.05, 3.63) is 11.5 Å². The predicted molar refractivity (Wildman–Crippen MR) is 61.8 cm³/mol. The summed E-state index contributed by atoms with van der Waals surface area (Å²) in [5.74, 6) is 1.07. The van der Waals surface area contributed by atoms with Crippen molar-refractivity contribution in [2.75, 3.05) is 12.4 Å². The monoisotopic (exact) mass is 220 g/mol. The quantitative estimate of drug-likeness (QED) is 0.676. The molecule has 0 aliphatic carbocycles. The molecule has 1 unspecified atom stereocenters. The van der Waals surface area contributed by atoms with Gasteiger partial charge in [-0.2, -0.15) is 0 Å². The minimum atomic E-state index is 0.682. The maximum Gasteiger partial charge on any atom is 0.219 e. The van der Waals surface area contributed by atoms with Gasteiger partial charge in [0.05, 0.1) is 6.61 Å². The molecule has 0 N–H and O–H groups in total. The lowest BCUT2D eigenvalue weighted by atomic mass is 10.3. The van der Waals surface area contributed by atoms with Gasteiger partial charge in [-0.3, -0.25) is 0 Å². The summed E-state index contributed by atoms with van der Waals surface area (Å²) in [6, 6.07) is 0. The fraction of sp³-hybridized carbons (Fsp3) is 0.625. The lowest BCUT2D eigenvalue weighted by molar-refractivity contribution is 0.346. The smallest absolute Gasteiger partial charge is 0.219 e. The third kappa shape index (κ3) is 3.83. The van der Waals surface area contributed by atoms with E-state index in [2.05, 4.69) is 11.5 Å².